The maximum atomic E-state index is 12.3. The number of aliphatic hydroxyl groups excluding tert-OH is 1. The number of carbonyl (C=O) groups excluding carboxylic acids is 1. The highest BCUT2D eigenvalue weighted by Gasteiger charge is 2.47. The molecule has 6 heteroatoms. The second-order valence-electron chi connectivity index (χ2n) is 10.6. The molecule has 0 aromatic rings. The predicted octanol–water partition coefficient (Wildman–Crippen LogP) is 4.97. The number of hydrogen-bond acceptors (Lipinski definition) is 5. The van der Waals surface area contributed by atoms with Crippen molar-refractivity contribution in [1.29, 1.82) is 5.41 Å². The quantitative estimate of drug-likeness (QED) is 0.123. The number of esters is 1. The van der Waals surface area contributed by atoms with E-state index < -0.39 is 11.5 Å². The van der Waals surface area contributed by atoms with Crippen LogP contribution >= 0.6 is 0 Å². The molecule has 0 fully saturated rings. The molecule has 0 amide bonds. The number of aliphatic hydroxyl groups is 1. The number of hydrogen-bond donors (Lipinski definition) is 3. The summed E-state index contributed by atoms with van der Waals surface area (Å²) in [5, 5.41) is 23.7. The summed E-state index contributed by atoms with van der Waals surface area (Å²) in [5.41, 5.74) is 3.51. The molecule has 2 aliphatic carbocycles. The first-order chi connectivity index (χ1) is 16.1. The van der Waals surface area contributed by atoms with Crippen LogP contribution in [0.1, 0.15) is 86.0 Å². The maximum absolute atomic E-state index is 12.3. The maximum Gasteiger partial charge on any atom is 0.306 e. The number of unbranched alkanes of at least 4 members (excludes halogenated alkanes) is 5. The zero-order valence-electron chi connectivity index (χ0n) is 21.7. The molecule has 34 heavy (non-hydrogen) atoms. The molecule has 4 N–H and O–H groups in total. The molecule has 0 aliphatic heterocycles. The number of carbonyl (C=O) groups is 1. The summed E-state index contributed by atoms with van der Waals surface area (Å²) in [6, 6.07) is 0. The summed E-state index contributed by atoms with van der Waals surface area (Å²) in [7, 11) is 0. The number of nitrogens with one attached hydrogen (secondary N) is 1. The Morgan fingerprint density at radius 3 is 2.53 bits per heavy atom. The minimum Gasteiger partial charge on any atom is -0.466 e. The van der Waals surface area contributed by atoms with Gasteiger partial charge in [0.1, 0.15) is 11.8 Å². The highest BCUT2D eigenvalue weighted by Crippen LogP contribution is 2.47. The van der Waals surface area contributed by atoms with Crippen molar-refractivity contribution in [2.75, 3.05) is 6.61 Å². The smallest absolute Gasteiger partial charge is 0.306 e. The Labute approximate surface area is 205 Å². The van der Waals surface area contributed by atoms with E-state index in [9.17, 15) is 9.90 Å². The first-order valence-corrected chi connectivity index (χ1v) is 12.7. The van der Waals surface area contributed by atoms with Gasteiger partial charge in [0.2, 0.25) is 0 Å². The molecule has 0 spiro atoms. The number of nitrogens with two attached hydrogens (primary N) is 1. The van der Waals surface area contributed by atoms with E-state index in [0.717, 1.165) is 18.4 Å². The van der Waals surface area contributed by atoms with Crippen molar-refractivity contribution in [2.24, 2.45) is 15.9 Å². The van der Waals surface area contributed by atoms with Gasteiger partial charge in [-0.15, -0.1) is 0 Å². The van der Waals surface area contributed by atoms with E-state index in [-0.39, 0.29) is 11.4 Å². The largest absolute Gasteiger partial charge is 0.466 e. The van der Waals surface area contributed by atoms with E-state index >= 15 is 0 Å². The summed E-state index contributed by atoms with van der Waals surface area (Å²) < 4.78 is 5.44. The van der Waals surface area contributed by atoms with E-state index in [2.05, 4.69) is 38.9 Å². The zero-order chi connectivity index (χ0) is 25.2. The molecule has 2 aliphatic rings. The van der Waals surface area contributed by atoms with Gasteiger partial charge in [-0.1, -0.05) is 90.1 Å². The lowest BCUT2D eigenvalue weighted by atomic mass is 9.61. The predicted molar refractivity (Wildman–Crippen MR) is 139 cm³/mol. The minimum atomic E-state index is -0.738. The Hall–Kier alpha value is -2.31. The molecule has 0 aromatic carbocycles. The van der Waals surface area contributed by atoms with Crippen LogP contribution in [-0.4, -0.2) is 35.2 Å². The number of allylic oxidation sites excluding steroid dienone is 6. The van der Waals surface area contributed by atoms with Crippen LogP contribution < -0.4 is 5.43 Å². The van der Waals surface area contributed by atoms with E-state index in [1.165, 1.54) is 25.7 Å². The van der Waals surface area contributed by atoms with Crippen molar-refractivity contribution < 1.29 is 20.1 Å². The molecule has 188 valence electrons. The third-order valence-corrected chi connectivity index (χ3v) is 6.97. The third-order valence-electron chi connectivity index (χ3n) is 6.97. The molecule has 0 saturated carbocycles. The number of rotatable bonds is 12. The highest BCUT2D eigenvalue weighted by molar-refractivity contribution is 6.49. The fraction of sp³-hybridized carbons (Fsp3) is 0.607. The highest BCUT2D eigenvalue weighted by atomic mass is 16.5. The SMILES string of the molecule is CCCCCCCCOC(=O)CCC1=CC(C)(C(C)(C)C)C(O)C([NH2+]N=C2C=CC=CC2=N)=C1. The molecule has 0 bridgehead atoms. The second kappa shape index (κ2) is 13.0. The van der Waals surface area contributed by atoms with Gasteiger partial charge in [-0.3, -0.25) is 10.2 Å². The van der Waals surface area contributed by atoms with E-state index in [1.54, 1.807) is 23.7 Å². The van der Waals surface area contributed by atoms with Crippen LogP contribution in [0.2, 0.25) is 0 Å². The standard InChI is InChI=1S/C28H43N3O3/c1-6-7-8-9-10-13-18-34-25(32)17-16-21-19-24(26(33)28(5,20-21)27(2,3)4)31-30-23-15-12-11-14-22(23)29/h11-12,14-15,19-20,26,29,31,33H,6-10,13,16-18H2,1-5H3/p+1. The fourth-order valence-corrected chi connectivity index (χ4v) is 4.14. The summed E-state index contributed by atoms with van der Waals surface area (Å²) in [6.07, 6.45) is 18.3. The van der Waals surface area contributed by atoms with E-state index in [1.807, 2.05) is 19.1 Å². The first-order valence-electron chi connectivity index (χ1n) is 12.7. The van der Waals surface area contributed by atoms with Crippen molar-refractivity contribution >= 4 is 17.4 Å². The van der Waals surface area contributed by atoms with E-state index in [0.29, 0.717) is 36.6 Å². The summed E-state index contributed by atoms with van der Waals surface area (Å²) >= 11 is 0. The van der Waals surface area contributed by atoms with Gasteiger partial charge >= 0.3 is 5.97 Å². The monoisotopic (exact) mass is 470 g/mol. The number of ether oxygens (including phenoxy) is 1. The van der Waals surface area contributed by atoms with Gasteiger partial charge in [0.15, 0.2) is 5.70 Å². The average Bonchev–Trinajstić information content (AvgIpc) is 2.78. The Morgan fingerprint density at radius 1 is 1.18 bits per heavy atom. The molecule has 0 saturated heterocycles. The molecule has 2 atom stereocenters. The van der Waals surface area contributed by atoms with Crippen LogP contribution in [0.3, 0.4) is 0 Å². The molecule has 0 radical (unpaired) electrons. The lowest BCUT2D eigenvalue weighted by Gasteiger charge is -2.44. The van der Waals surface area contributed by atoms with Crippen LogP contribution in [0.4, 0.5) is 0 Å². The van der Waals surface area contributed by atoms with Gasteiger partial charge in [-0.05, 0) is 36.0 Å². The van der Waals surface area contributed by atoms with Crippen LogP contribution in [-0.2, 0) is 9.53 Å². The Kier molecular flexibility index (Phi) is 10.6. The van der Waals surface area contributed by atoms with Crippen molar-refractivity contribution in [2.45, 2.75) is 92.1 Å². The van der Waals surface area contributed by atoms with Gasteiger partial charge in [-0.2, -0.15) is 5.43 Å². The van der Waals surface area contributed by atoms with Crippen molar-refractivity contribution in [3.8, 4) is 0 Å². The molecular formula is C28H44N3O3+. The number of quaternary nitrogens is 1. The molecule has 2 unspecified atom stereocenters. The Morgan fingerprint density at radius 2 is 1.85 bits per heavy atom. The van der Waals surface area contributed by atoms with Gasteiger partial charge in [0, 0.05) is 17.9 Å². The first kappa shape index (κ1) is 27.9. The summed E-state index contributed by atoms with van der Waals surface area (Å²) in [4.78, 5) is 12.3. The van der Waals surface area contributed by atoms with Gasteiger partial charge in [0.25, 0.3) is 0 Å². The summed E-state index contributed by atoms with van der Waals surface area (Å²) in [6.45, 7) is 11.1. The second-order valence-corrected chi connectivity index (χ2v) is 10.6. The van der Waals surface area contributed by atoms with Gasteiger partial charge < -0.3 is 9.84 Å². The molecule has 2 rings (SSSR count). The molecule has 0 heterocycles. The summed E-state index contributed by atoms with van der Waals surface area (Å²) in [5.74, 6) is -0.176. The van der Waals surface area contributed by atoms with Crippen molar-refractivity contribution in [1.82, 2.24) is 0 Å². The number of nitrogens with zero attached hydrogens (tertiary/aromatic N) is 1. The van der Waals surface area contributed by atoms with Crippen LogP contribution in [0.15, 0.2) is 52.8 Å². The van der Waals surface area contributed by atoms with Gasteiger partial charge in [0.05, 0.1) is 12.3 Å². The van der Waals surface area contributed by atoms with Crippen molar-refractivity contribution in [3.05, 3.63) is 47.7 Å². The average molecular weight is 471 g/mol. The molecular weight excluding hydrogens is 426 g/mol. The zero-order valence-corrected chi connectivity index (χ0v) is 21.7. The Bertz CT molecular complexity index is 874. The lowest BCUT2D eigenvalue weighted by molar-refractivity contribution is -0.621. The van der Waals surface area contributed by atoms with Crippen LogP contribution in [0.25, 0.3) is 0 Å². The molecule has 0 aromatic heterocycles. The third kappa shape index (κ3) is 7.88. The van der Waals surface area contributed by atoms with E-state index in [4.69, 9.17) is 10.1 Å². The van der Waals surface area contributed by atoms with Crippen molar-refractivity contribution in [3.63, 3.8) is 0 Å². The molecule has 6 nitrogen and oxygen atoms in total. The normalized spacial score (nSPS) is 23.8. The van der Waals surface area contributed by atoms with Crippen LogP contribution in [0.5, 0.6) is 0 Å². The Balaban J connectivity index is 2.01. The van der Waals surface area contributed by atoms with Crippen LogP contribution in [0, 0.1) is 16.2 Å². The lowest BCUT2D eigenvalue weighted by Crippen LogP contribution is -2.80. The fourth-order valence-electron chi connectivity index (χ4n) is 4.14. The topological polar surface area (TPSA) is 99.3 Å². The van der Waals surface area contributed by atoms with Gasteiger partial charge in [-0.25, -0.2) is 0 Å². The minimum absolute atomic E-state index is 0.176.